The standard InChI is InChI=1S/C15H24N2O4/c1-10(16)6-7-14(18)17(2)11-8-12(19-3)15(21-5)13(9-11)20-4/h8-10H,6-7,16H2,1-5H3. The van der Waals surface area contributed by atoms with Gasteiger partial charge < -0.3 is 24.8 Å². The van der Waals surface area contributed by atoms with E-state index in [9.17, 15) is 4.79 Å². The topological polar surface area (TPSA) is 74.0 Å². The summed E-state index contributed by atoms with van der Waals surface area (Å²) in [4.78, 5) is 13.7. The number of anilines is 1. The third-order valence-electron chi connectivity index (χ3n) is 3.22. The highest BCUT2D eigenvalue weighted by Gasteiger charge is 2.18. The average Bonchev–Trinajstić information content (AvgIpc) is 2.49. The molecule has 0 bridgehead atoms. The van der Waals surface area contributed by atoms with Crippen LogP contribution in [0.4, 0.5) is 5.69 Å². The summed E-state index contributed by atoms with van der Waals surface area (Å²) < 4.78 is 15.8. The Labute approximate surface area is 125 Å². The van der Waals surface area contributed by atoms with Gasteiger partial charge in [-0.3, -0.25) is 4.79 Å². The molecule has 1 amide bonds. The molecular formula is C15H24N2O4. The van der Waals surface area contributed by atoms with Crippen LogP contribution in [0, 0.1) is 0 Å². The van der Waals surface area contributed by atoms with Crippen molar-refractivity contribution in [3.05, 3.63) is 12.1 Å². The van der Waals surface area contributed by atoms with E-state index in [1.807, 2.05) is 6.92 Å². The predicted octanol–water partition coefficient (Wildman–Crippen LogP) is 1.80. The van der Waals surface area contributed by atoms with Crippen molar-refractivity contribution in [3.8, 4) is 17.2 Å². The Balaban J connectivity index is 3.04. The Bertz CT molecular complexity index is 464. The summed E-state index contributed by atoms with van der Waals surface area (Å²) in [6.45, 7) is 1.88. The van der Waals surface area contributed by atoms with Gasteiger partial charge in [0.1, 0.15) is 0 Å². The van der Waals surface area contributed by atoms with Crippen molar-refractivity contribution in [2.45, 2.75) is 25.8 Å². The molecule has 1 aromatic carbocycles. The van der Waals surface area contributed by atoms with Gasteiger partial charge in [0.05, 0.1) is 27.0 Å². The second kappa shape index (κ2) is 7.73. The van der Waals surface area contributed by atoms with Crippen LogP contribution < -0.4 is 24.8 Å². The van der Waals surface area contributed by atoms with Crippen molar-refractivity contribution in [1.82, 2.24) is 0 Å². The number of rotatable bonds is 7. The molecule has 6 heteroatoms. The Kier molecular flexibility index (Phi) is 6.30. The number of benzene rings is 1. The molecule has 0 aliphatic heterocycles. The van der Waals surface area contributed by atoms with E-state index in [4.69, 9.17) is 19.9 Å². The normalized spacial score (nSPS) is 11.7. The van der Waals surface area contributed by atoms with Crippen LogP contribution in [0.1, 0.15) is 19.8 Å². The molecule has 1 atom stereocenters. The summed E-state index contributed by atoms with van der Waals surface area (Å²) in [5.74, 6) is 1.51. The number of hydrogen-bond acceptors (Lipinski definition) is 5. The molecule has 1 aromatic rings. The van der Waals surface area contributed by atoms with Gasteiger partial charge in [-0.1, -0.05) is 0 Å². The van der Waals surface area contributed by atoms with E-state index in [0.717, 1.165) is 0 Å². The molecule has 0 saturated heterocycles. The van der Waals surface area contributed by atoms with Gasteiger partial charge in [0.25, 0.3) is 0 Å². The lowest BCUT2D eigenvalue weighted by molar-refractivity contribution is -0.118. The predicted molar refractivity (Wildman–Crippen MR) is 82.4 cm³/mol. The fourth-order valence-corrected chi connectivity index (χ4v) is 1.92. The first-order valence-corrected chi connectivity index (χ1v) is 6.76. The van der Waals surface area contributed by atoms with Crippen LogP contribution in [0.2, 0.25) is 0 Å². The molecule has 0 radical (unpaired) electrons. The van der Waals surface area contributed by atoms with Gasteiger partial charge in [-0.2, -0.15) is 0 Å². The molecular weight excluding hydrogens is 272 g/mol. The SMILES string of the molecule is COc1cc(N(C)C(=O)CCC(C)N)cc(OC)c1OC. The van der Waals surface area contributed by atoms with E-state index in [0.29, 0.717) is 35.8 Å². The molecule has 0 fully saturated rings. The van der Waals surface area contributed by atoms with Crippen LogP contribution in [-0.2, 0) is 4.79 Å². The molecule has 21 heavy (non-hydrogen) atoms. The number of nitrogens with zero attached hydrogens (tertiary/aromatic N) is 1. The number of amides is 1. The summed E-state index contributed by atoms with van der Waals surface area (Å²) in [5.41, 5.74) is 6.36. The second-order valence-corrected chi connectivity index (χ2v) is 4.85. The summed E-state index contributed by atoms with van der Waals surface area (Å²) >= 11 is 0. The van der Waals surface area contributed by atoms with Crippen LogP contribution >= 0.6 is 0 Å². The molecule has 0 spiro atoms. The van der Waals surface area contributed by atoms with Gasteiger partial charge in [-0.25, -0.2) is 0 Å². The van der Waals surface area contributed by atoms with Crippen molar-refractivity contribution in [2.75, 3.05) is 33.3 Å². The lowest BCUT2D eigenvalue weighted by Crippen LogP contribution is -2.28. The van der Waals surface area contributed by atoms with Crippen molar-refractivity contribution >= 4 is 11.6 Å². The number of carbonyl (C=O) groups excluding carboxylic acids is 1. The summed E-state index contributed by atoms with van der Waals surface area (Å²) in [5, 5.41) is 0. The molecule has 0 aliphatic rings. The molecule has 0 aliphatic carbocycles. The Morgan fingerprint density at radius 3 is 2.10 bits per heavy atom. The van der Waals surface area contributed by atoms with Crippen LogP contribution in [-0.4, -0.2) is 40.3 Å². The zero-order valence-electron chi connectivity index (χ0n) is 13.3. The van der Waals surface area contributed by atoms with Crippen LogP contribution in [0.15, 0.2) is 12.1 Å². The van der Waals surface area contributed by atoms with Crippen molar-refractivity contribution in [2.24, 2.45) is 5.73 Å². The first-order valence-electron chi connectivity index (χ1n) is 6.76. The zero-order chi connectivity index (χ0) is 16.0. The van der Waals surface area contributed by atoms with Gasteiger partial charge in [-0.15, -0.1) is 0 Å². The van der Waals surface area contributed by atoms with Gasteiger partial charge in [0.15, 0.2) is 11.5 Å². The molecule has 2 N–H and O–H groups in total. The number of hydrogen-bond donors (Lipinski definition) is 1. The summed E-state index contributed by atoms with van der Waals surface area (Å²) in [6.07, 6.45) is 1.04. The summed E-state index contributed by atoms with van der Waals surface area (Å²) in [6, 6.07) is 3.48. The molecule has 1 rings (SSSR count). The minimum Gasteiger partial charge on any atom is -0.493 e. The van der Waals surface area contributed by atoms with Crippen LogP contribution in [0.5, 0.6) is 17.2 Å². The quantitative estimate of drug-likeness (QED) is 0.830. The van der Waals surface area contributed by atoms with Crippen LogP contribution in [0.3, 0.4) is 0 Å². The fraction of sp³-hybridized carbons (Fsp3) is 0.533. The highest BCUT2D eigenvalue weighted by atomic mass is 16.5. The van der Waals surface area contributed by atoms with E-state index < -0.39 is 0 Å². The van der Waals surface area contributed by atoms with E-state index in [1.165, 1.54) is 7.11 Å². The first kappa shape index (κ1) is 17.1. The van der Waals surface area contributed by atoms with E-state index in [-0.39, 0.29) is 11.9 Å². The fourth-order valence-electron chi connectivity index (χ4n) is 1.92. The van der Waals surface area contributed by atoms with Gasteiger partial charge >= 0.3 is 0 Å². The number of nitrogens with two attached hydrogens (primary N) is 1. The number of ether oxygens (including phenoxy) is 3. The van der Waals surface area contributed by atoms with Gasteiger partial charge in [0.2, 0.25) is 11.7 Å². The van der Waals surface area contributed by atoms with E-state index in [2.05, 4.69) is 0 Å². The first-order chi connectivity index (χ1) is 9.94. The maximum absolute atomic E-state index is 12.2. The third-order valence-corrected chi connectivity index (χ3v) is 3.22. The zero-order valence-corrected chi connectivity index (χ0v) is 13.3. The third kappa shape index (κ3) is 4.26. The van der Waals surface area contributed by atoms with E-state index >= 15 is 0 Å². The molecule has 118 valence electrons. The average molecular weight is 296 g/mol. The molecule has 6 nitrogen and oxygen atoms in total. The van der Waals surface area contributed by atoms with E-state index in [1.54, 1.807) is 38.3 Å². The highest BCUT2D eigenvalue weighted by Crippen LogP contribution is 2.40. The molecule has 1 unspecified atom stereocenters. The van der Waals surface area contributed by atoms with Gasteiger partial charge in [-0.05, 0) is 13.3 Å². The molecule has 0 aromatic heterocycles. The molecule has 0 heterocycles. The van der Waals surface area contributed by atoms with Crippen molar-refractivity contribution in [1.29, 1.82) is 0 Å². The largest absolute Gasteiger partial charge is 0.493 e. The lowest BCUT2D eigenvalue weighted by atomic mass is 10.1. The number of methoxy groups -OCH3 is 3. The maximum atomic E-state index is 12.2. The minimum atomic E-state index is -0.0124. The Morgan fingerprint density at radius 2 is 1.71 bits per heavy atom. The van der Waals surface area contributed by atoms with Crippen molar-refractivity contribution in [3.63, 3.8) is 0 Å². The smallest absolute Gasteiger partial charge is 0.226 e. The van der Waals surface area contributed by atoms with Crippen molar-refractivity contribution < 1.29 is 19.0 Å². The lowest BCUT2D eigenvalue weighted by Gasteiger charge is -2.21. The van der Waals surface area contributed by atoms with Crippen LogP contribution in [0.25, 0.3) is 0 Å². The summed E-state index contributed by atoms with van der Waals surface area (Å²) in [7, 11) is 6.33. The second-order valence-electron chi connectivity index (χ2n) is 4.85. The maximum Gasteiger partial charge on any atom is 0.226 e. The highest BCUT2D eigenvalue weighted by molar-refractivity contribution is 5.93. The molecule has 0 saturated carbocycles. The minimum absolute atomic E-state index is 0.00212. The van der Waals surface area contributed by atoms with Gasteiger partial charge in [0, 0.05) is 31.6 Å². The Hall–Kier alpha value is -1.95. The Morgan fingerprint density at radius 1 is 1.19 bits per heavy atom. The monoisotopic (exact) mass is 296 g/mol. The number of carbonyl (C=O) groups is 1.